The fourth-order valence-electron chi connectivity index (χ4n) is 0.339. The molecule has 0 spiro atoms. The number of hydrogen-bond acceptors (Lipinski definition) is 4. The molecular weight excluding hydrogens is 180 g/mol. The van der Waals surface area contributed by atoms with Gasteiger partial charge < -0.3 is 4.74 Å². The summed E-state index contributed by atoms with van der Waals surface area (Å²) in [7, 11) is -3.32. The van der Waals surface area contributed by atoms with Gasteiger partial charge >= 0.3 is 5.97 Å². The van der Waals surface area contributed by atoms with E-state index in [0.29, 0.717) is 0 Å². The highest BCUT2D eigenvalue weighted by Gasteiger charge is 2.19. The summed E-state index contributed by atoms with van der Waals surface area (Å²) < 4.78 is 26.1. The van der Waals surface area contributed by atoms with Crippen LogP contribution in [0.2, 0.25) is 0 Å². The van der Waals surface area contributed by atoms with E-state index in [4.69, 9.17) is 0 Å². The monoisotopic (exact) mass is 192 g/mol. The molecule has 0 saturated carbocycles. The third-order valence-corrected chi connectivity index (χ3v) is 2.53. The third-order valence-electron chi connectivity index (χ3n) is 1.22. The quantitative estimate of drug-likeness (QED) is 0.482. The van der Waals surface area contributed by atoms with Gasteiger partial charge in [-0.05, 0) is 13.8 Å². The summed E-state index contributed by atoms with van der Waals surface area (Å²) >= 11 is 0. The second-order valence-corrected chi connectivity index (χ2v) is 4.91. The molecule has 0 radical (unpaired) electrons. The lowest BCUT2D eigenvalue weighted by atomic mass is 10.4. The van der Waals surface area contributed by atoms with Gasteiger partial charge in [0.2, 0.25) is 0 Å². The number of ether oxygens (including phenoxy) is 1. The van der Waals surface area contributed by atoms with E-state index in [1.165, 1.54) is 13.8 Å². The molecule has 70 valence electrons. The molecule has 0 aliphatic rings. The molecule has 0 aromatic heterocycles. The zero-order valence-corrected chi connectivity index (χ0v) is 8.14. The molecule has 0 aromatic carbocycles. The van der Waals surface area contributed by atoms with Crippen molar-refractivity contribution in [2.24, 2.45) is 0 Å². The maximum absolute atomic E-state index is 10.8. The Labute approximate surface area is 72.1 Å². The Morgan fingerprint density at radius 1 is 1.50 bits per heavy atom. The van der Waals surface area contributed by atoms with Gasteiger partial charge in [0.25, 0.3) is 0 Å². The van der Waals surface area contributed by atoms with Crippen LogP contribution in [0.15, 0.2) is 12.2 Å². The zero-order valence-electron chi connectivity index (χ0n) is 7.33. The molecular formula is C7H12O4S. The number of hydrogen-bond donors (Lipinski definition) is 0. The molecule has 0 aliphatic carbocycles. The summed E-state index contributed by atoms with van der Waals surface area (Å²) in [5, 5.41) is 0. The fourth-order valence-corrected chi connectivity index (χ4v) is 0.601. The highest BCUT2D eigenvalue weighted by molar-refractivity contribution is 7.91. The average Bonchev–Trinajstić information content (AvgIpc) is 1.85. The van der Waals surface area contributed by atoms with E-state index in [0.717, 1.165) is 6.26 Å². The first kappa shape index (κ1) is 11.2. The summed E-state index contributed by atoms with van der Waals surface area (Å²) in [5.74, 6) is -0.687. The normalized spacial score (nSPS) is 13.6. The van der Waals surface area contributed by atoms with E-state index < -0.39 is 21.2 Å². The highest BCUT2D eigenvalue weighted by atomic mass is 32.2. The SMILES string of the molecule is C=C(C)C(=O)OC(C)S(C)(=O)=O. The average molecular weight is 192 g/mol. The topological polar surface area (TPSA) is 60.4 Å². The summed E-state index contributed by atoms with van der Waals surface area (Å²) in [6, 6.07) is 0. The lowest BCUT2D eigenvalue weighted by molar-refractivity contribution is -0.140. The summed E-state index contributed by atoms with van der Waals surface area (Å²) in [6.07, 6.45) is 1.00. The maximum Gasteiger partial charge on any atom is 0.334 e. The van der Waals surface area contributed by atoms with Gasteiger partial charge in [0.05, 0.1) is 0 Å². The van der Waals surface area contributed by atoms with Crippen LogP contribution >= 0.6 is 0 Å². The lowest BCUT2D eigenvalue weighted by Crippen LogP contribution is -2.23. The third kappa shape index (κ3) is 3.52. The Balaban J connectivity index is 4.31. The lowest BCUT2D eigenvalue weighted by Gasteiger charge is -2.10. The molecule has 0 aliphatic heterocycles. The Hall–Kier alpha value is -0.840. The van der Waals surface area contributed by atoms with Crippen molar-refractivity contribution in [2.45, 2.75) is 19.3 Å². The van der Waals surface area contributed by atoms with Gasteiger partial charge in [-0.1, -0.05) is 6.58 Å². The van der Waals surface area contributed by atoms with Crippen molar-refractivity contribution < 1.29 is 17.9 Å². The molecule has 0 rings (SSSR count). The molecule has 0 saturated heterocycles. The molecule has 0 aromatic rings. The first-order chi connectivity index (χ1) is 5.25. The fraction of sp³-hybridized carbons (Fsp3) is 0.571. The van der Waals surface area contributed by atoms with E-state index >= 15 is 0 Å². The highest BCUT2D eigenvalue weighted by Crippen LogP contribution is 2.03. The van der Waals surface area contributed by atoms with Crippen molar-refractivity contribution >= 4 is 15.8 Å². The van der Waals surface area contributed by atoms with Crippen LogP contribution in [0.3, 0.4) is 0 Å². The molecule has 0 heterocycles. The van der Waals surface area contributed by atoms with Crippen LogP contribution < -0.4 is 0 Å². The summed E-state index contributed by atoms with van der Waals surface area (Å²) in [6.45, 7) is 6.08. The number of esters is 1. The Bertz CT molecular complexity index is 289. The minimum absolute atomic E-state index is 0.186. The van der Waals surface area contributed by atoms with Gasteiger partial charge in [-0.2, -0.15) is 0 Å². The van der Waals surface area contributed by atoms with E-state index in [1.54, 1.807) is 0 Å². The number of carbonyl (C=O) groups is 1. The Morgan fingerprint density at radius 3 is 2.17 bits per heavy atom. The van der Waals surface area contributed by atoms with Crippen LogP contribution in [0, 0.1) is 0 Å². The molecule has 12 heavy (non-hydrogen) atoms. The van der Waals surface area contributed by atoms with E-state index in [9.17, 15) is 13.2 Å². The summed E-state index contributed by atoms with van der Waals surface area (Å²) in [4.78, 5) is 10.8. The minimum Gasteiger partial charge on any atom is -0.443 e. The molecule has 0 amide bonds. The van der Waals surface area contributed by atoms with E-state index in [2.05, 4.69) is 11.3 Å². The predicted molar refractivity (Wildman–Crippen MR) is 45.2 cm³/mol. The standard InChI is InChI=1S/C7H12O4S/c1-5(2)7(8)11-6(3)12(4,9)10/h6H,1H2,2-4H3. The second kappa shape index (κ2) is 3.71. The van der Waals surface area contributed by atoms with Gasteiger partial charge in [0.1, 0.15) is 0 Å². The largest absolute Gasteiger partial charge is 0.443 e. The molecule has 1 atom stereocenters. The van der Waals surface area contributed by atoms with Crippen LogP contribution in [-0.2, 0) is 19.4 Å². The van der Waals surface area contributed by atoms with Gasteiger partial charge in [0, 0.05) is 11.8 Å². The van der Waals surface area contributed by atoms with Crippen LogP contribution in [0.25, 0.3) is 0 Å². The smallest absolute Gasteiger partial charge is 0.334 e. The van der Waals surface area contributed by atoms with Gasteiger partial charge in [-0.25, -0.2) is 13.2 Å². The molecule has 5 heteroatoms. The van der Waals surface area contributed by atoms with Gasteiger partial charge in [-0.3, -0.25) is 0 Å². The van der Waals surface area contributed by atoms with Crippen LogP contribution in [-0.4, -0.2) is 26.1 Å². The summed E-state index contributed by atoms with van der Waals surface area (Å²) in [5.41, 5.74) is -0.924. The van der Waals surface area contributed by atoms with Gasteiger partial charge in [-0.15, -0.1) is 0 Å². The van der Waals surface area contributed by atoms with Crippen LogP contribution in [0.1, 0.15) is 13.8 Å². The minimum atomic E-state index is -3.32. The van der Waals surface area contributed by atoms with Crippen molar-refractivity contribution in [1.82, 2.24) is 0 Å². The first-order valence-electron chi connectivity index (χ1n) is 3.30. The molecule has 4 nitrogen and oxygen atoms in total. The van der Waals surface area contributed by atoms with Crippen molar-refractivity contribution in [3.8, 4) is 0 Å². The number of sulfone groups is 1. The van der Waals surface area contributed by atoms with E-state index in [-0.39, 0.29) is 5.57 Å². The molecule has 0 N–H and O–H groups in total. The van der Waals surface area contributed by atoms with Crippen molar-refractivity contribution in [2.75, 3.05) is 6.26 Å². The van der Waals surface area contributed by atoms with Gasteiger partial charge in [0.15, 0.2) is 15.3 Å². The number of rotatable bonds is 3. The zero-order chi connectivity index (χ0) is 9.94. The van der Waals surface area contributed by atoms with Crippen LogP contribution in [0.5, 0.6) is 0 Å². The first-order valence-corrected chi connectivity index (χ1v) is 5.26. The molecule has 0 fully saturated rings. The van der Waals surface area contributed by atoms with Crippen LogP contribution in [0.4, 0.5) is 0 Å². The Morgan fingerprint density at radius 2 is 1.92 bits per heavy atom. The molecule has 1 unspecified atom stereocenters. The van der Waals surface area contributed by atoms with Crippen molar-refractivity contribution in [3.05, 3.63) is 12.2 Å². The van der Waals surface area contributed by atoms with Crippen molar-refractivity contribution in [1.29, 1.82) is 0 Å². The predicted octanol–water partition coefficient (Wildman–Crippen LogP) is 0.496. The Kier molecular flexibility index (Phi) is 3.45. The van der Waals surface area contributed by atoms with E-state index in [1.807, 2.05) is 0 Å². The van der Waals surface area contributed by atoms with Crippen molar-refractivity contribution in [3.63, 3.8) is 0 Å². The molecule has 0 bridgehead atoms. The second-order valence-electron chi connectivity index (χ2n) is 2.58. The number of carbonyl (C=O) groups excluding carboxylic acids is 1. The maximum atomic E-state index is 10.8.